The Morgan fingerprint density at radius 3 is 2.81 bits per heavy atom. The third-order valence-corrected chi connectivity index (χ3v) is 5.53. The van der Waals surface area contributed by atoms with E-state index in [1.165, 1.54) is 5.56 Å². The van der Waals surface area contributed by atoms with E-state index >= 15 is 0 Å². The smallest absolute Gasteiger partial charge is 0.256 e. The van der Waals surface area contributed by atoms with Crippen molar-refractivity contribution < 1.29 is 4.79 Å². The molecule has 1 amide bonds. The average Bonchev–Trinajstić information content (AvgIpc) is 2.95. The van der Waals surface area contributed by atoms with Gasteiger partial charge in [-0.2, -0.15) is 0 Å². The third kappa shape index (κ3) is 3.52. The van der Waals surface area contributed by atoms with E-state index in [0.717, 1.165) is 68.6 Å². The van der Waals surface area contributed by atoms with E-state index in [1.54, 1.807) is 0 Å². The van der Waals surface area contributed by atoms with Crippen molar-refractivity contribution in [2.45, 2.75) is 25.8 Å². The molecule has 138 valence electrons. The number of nitrogens with one attached hydrogen (secondary N) is 2. The molecule has 2 N–H and O–H groups in total. The molecule has 4 rings (SSSR count). The fraction of sp³-hybridized carbons (Fsp3) is 0.500. The summed E-state index contributed by atoms with van der Waals surface area (Å²) in [6.45, 7) is 6.18. The molecule has 0 saturated carbocycles. The van der Waals surface area contributed by atoms with Crippen molar-refractivity contribution in [3.63, 3.8) is 0 Å². The molecule has 0 unspecified atom stereocenters. The molecule has 2 aliphatic rings. The first-order chi connectivity index (χ1) is 12.7. The number of benzene rings is 1. The lowest BCUT2D eigenvalue weighted by atomic mass is 9.98. The van der Waals surface area contributed by atoms with Gasteiger partial charge in [-0.05, 0) is 42.9 Å². The highest BCUT2D eigenvalue weighted by atomic mass is 16.2. The highest BCUT2D eigenvalue weighted by molar-refractivity contribution is 5.86. The predicted octanol–water partition coefficient (Wildman–Crippen LogP) is 1.10. The van der Waals surface area contributed by atoms with Crippen molar-refractivity contribution in [1.29, 1.82) is 0 Å². The zero-order valence-corrected chi connectivity index (χ0v) is 15.1. The number of nitrogens with zero attached hydrogens (tertiary/aromatic N) is 2. The second-order valence-electron chi connectivity index (χ2n) is 7.22. The summed E-state index contributed by atoms with van der Waals surface area (Å²) in [4.78, 5) is 32.3. The minimum Gasteiger partial charge on any atom is -0.336 e. The van der Waals surface area contributed by atoms with Gasteiger partial charge < -0.3 is 20.1 Å². The molecule has 1 fully saturated rings. The fourth-order valence-electron chi connectivity index (χ4n) is 4.07. The van der Waals surface area contributed by atoms with Gasteiger partial charge in [0.05, 0.1) is 6.54 Å². The molecule has 26 heavy (non-hydrogen) atoms. The summed E-state index contributed by atoms with van der Waals surface area (Å²) in [7, 11) is 0. The Hall–Kier alpha value is -2.18. The van der Waals surface area contributed by atoms with Gasteiger partial charge in [-0.3, -0.25) is 9.59 Å². The lowest BCUT2D eigenvalue weighted by Gasteiger charge is -2.30. The maximum absolute atomic E-state index is 12.7. The van der Waals surface area contributed by atoms with Gasteiger partial charge in [-0.1, -0.05) is 18.2 Å². The molecule has 3 heterocycles. The van der Waals surface area contributed by atoms with Gasteiger partial charge in [0.2, 0.25) is 5.91 Å². The number of hydrogen-bond donors (Lipinski definition) is 2. The van der Waals surface area contributed by atoms with E-state index in [4.69, 9.17) is 0 Å². The third-order valence-electron chi connectivity index (χ3n) is 5.53. The normalized spacial score (nSPS) is 18.5. The minimum absolute atomic E-state index is 0.0642. The summed E-state index contributed by atoms with van der Waals surface area (Å²) < 4.78 is 0. The molecule has 0 aliphatic carbocycles. The Balaban J connectivity index is 1.44. The molecule has 6 nitrogen and oxygen atoms in total. The first kappa shape index (κ1) is 17.2. The van der Waals surface area contributed by atoms with Crippen LogP contribution in [0.15, 0.2) is 29.1 Å². The standard InChI is InChI=1S/C20H26N4O2/c25-19(7-11-23-10-3-8-21-9-13-23)24-12-6-16-15-4-1-2-5-17(15)20(26)22-18(16)14-24/h1-2,4-5,21H,3,6-14H2,(H,22,26). The van der Waals surface area contributed by atoms with E-state index in [9.17, 15) is 9.59 Å². The summed E-state index contributed by atoms with van der Waals surface area (Å²) in [5.41, 5.74) is 2.01. The van der Waals surface area contributed by atoms with Crippen molar-refractivity contribution in [1.82, 2.24) is 20.1 Å². The van der Waals surface area contributed by atoms with Crippen LogP contribution in [0.2, 0.25) is 0 Å². The SMILES string of the molecule is O=C(CCN1CCCNCC1)N1CCc2c([nH]c(=O)c3ccccc23)C1. The molecule has 1 saturated heterocycles. The van der Waals surface area contributed by atoms with Crippen molar-refractivity contribution in [3.8, 4) is 0 Å². The lowest BCUT2D eigenvalue weighted by Crippen LogP contribution is -2.39. The Morgan fingerprint density at radius 2 is 1.92 bits per heavy atom. The van der Waals surface area contributed by atoms with Crippen LogP contribution in [0.4, 0.5) is 0 Å². The maximum Gasteiger partial charge on any atom is 0.256 e. The predicted molar refractivity (Wildman–Crippen MR) is 102 cm³/mol. The number of carbonyl (C=O) groups is 1. The van der Waals surface area contributed by atoms with Crippen LogP contribution in [0.3, 0.4) is 0 Å². The number of pyridine rings is 1. The van der Waals surface area contributed by atoms with Gasteiger partial charge in [0.1, 0.15) is 0 Å². The maximum atomic E-state index is 12.7. The van der Waals surface area contributed by atoms with Crippen molar-refractivity contribution in [3.05, 3.63) is 45.9 Å². The van der Waals surface area contributed by atoms with Crippen LogP contribution in [-0.2, 0) is 17.8 Å². The van der Waals surface area contributed by atoms with E-state index in [2.05, 4.69) is 15.2 Å². The number of aromatic amines is 1. The Bertz CT molecular complexity index is 853. The zero-order valence-electron chi connectivity index (χ0n) is 15.1. The highest BCUT2D eigenvalue weighted by Crippen LogP contribution is 2.24. The summed E-state index contributed by atoms with van der Waals surface area (Å²) in [6.07, 6.45) is 2.48. The molecule has 2 aromatic rings. The molecule has 6 heteroatoms. The van der Waals surface area contributed by atoms with Crippen LogP contribution in [0.1, 0.15) is 24.1 Å². The molecule has 1 aromatic heterocycles. The largest absolute Gasteiger partial charge is 0.336 e. The second kappa shape index (κ2) is 7.60. The van der Waals surface area contributed by atoms with E-state index in [-0.39, 0.29) is 11.5 Å². The molecular formula is C20H26N4O2. The van der Waals surface area contributed by atoms with Crippen LogP contribution >= 0.6 is 0 Å². The molecule has 2 aliphatic heterocycles. The molecule has 1 aromatic carbocycles. The number of rotatable bonds is 3. The van der Waals surface area contributed by atoms with Gasteiger partial charge in [0.15, 0.2) is 0 Å². The Kier molecular flexibility index (Phi) is 5.04. The first-order valence-electron chi connectivity index (χ1n) is 9.56. The van der Waals surface area contributed by atoms with Crippen LogP contribution in [-0.4, -0.2) is 60.0 Å². The quantitative estimate of drug-likeness (QED) is 0.866. The summed E-state index contributed by atoms with van der Waals surface area (Å²) in [5.74, 6) is 0.182. The number of hydrogen-bond acceptors (Lipinski definition) is 4. The molecule has 0 spiro atoms. The summed E-state index contributed by atoms with van der Waals surface area (Å²) in [6, 6.07) is 7.73. The first-order valence-corrected chi connectivity index (χ1v) is 9.56. The van der Waals surface area contributed by atoms with Crippen LogP contribution < -0.4 is 10.9 Å². The lowest BCUT2D eigenvalue weighted by molar-refractivity contribution is -0.132. The Labute approximate surface area is 153 Å². The number of aromatic nitrogens is 1. The van der Waals surface area contributed by atoms with Crippen molar-refractivity contribution >= 4 is 16.7 Å². The van der Waals surface area contributed by atoms with Crippen LogP contribution in [0.5, 0.6) is 0 Å². The van der Waals surface area contributed by atoms with Crippen molar-refractivity contribution in [2.24, 2.45) is 0 Å². The number of carbonyl (C=O) groups excluding carboxylic acids is 1. The van der Waals surface area contributed by atoms with Crippen molar-refractivity contribution in [2.75, 3.05) is 39.3 Å². The second-order valence-corrected chi connectivity index (χ2v) is 7.22. The van der Waals surface area contributed by atoms with Gasteiger partial charge in [-0.25, -0.2) is 0 Å². The number of amides is 1. The summed E-state index contributed by atoms with van der Waals surface area (Å²) in [5, 5.41) is 5.15. The number of H-pyrrole nitrogens is 1. The summed E-state index contributed by atoms with van der Waals surface area (Å²) >= 11 is 0. The van der Waals surface area contributed by atoms with Gasteiger partial charge in [0.25, 0.3) is 5.56 Å². The molecule has 0 radical (unpaired) electrons. The van der Waals surface area contributed by atoms with E-state index < -0.39 is 0 Å². The average molecular weight is 354 g/mol. The van der Waals surface area contributed by atoms with Gasteiger partial charge >= 0.3 is 0 Å². The highest BCUT2D eigenvalue weighted by Gasteiger charge is 2.23. The molecule has 0 atom stereocenters. The molecular weight excluding hydrogens is 328 g/mol. The fourth-order valence-corrected chi connectivity index (χ4v) is 4.07. The van der Waals surface area contributed by atoms with Crippen LogP contribution in [0, 0.1) is 0 Å². The molecule has 0 bridgehead atoms. The van der Waals surface area contributed by atoms with Crippen LogP contribution in [0.25, 0.3) is 10.8 Å². The Morgan fingerprint density at radius 1 is 1.08 bits per heavy atom. The van der Waals surface area contributed by atoms with E-state index in [0.29, 0.717) is 13.0 Å². The topological polar surface area (TPSA) is 68.4 Å². The monoisotopic (exact) mass is 354 g/mol. The van der Waals surface area contributed by atoms with Gasteiger partial charge in [-0.15, -0.1) is 0 Å². The zero-order chi connectivity index (χ0) is 17.9. The van der Waals surface area contributed by atoms with E-state index in [1.807, 2.05) is 29.2 Å². The number of fused-ring (bicyclic) bond motifs is 3. The van der Waals surface area contributed by atoms with Gasteiger partial charge in [0, 0.05) is 43.7 Å². The minimum atomic E-state index is -0.0642.